The molecule has 1 heterocycles. The number of ether oxygens (including phenoxy) is 2. The highest BCUT2D eigenvalue weighted by molar-refractivity contribution is 5.15. The van der Waals surface area contributed by atoms with Crippen LogP contribution >= 0.6 is 0 Å². The predicted octanol–water partition coefficient (Wildman–Crippen LogP) is 0.104. The maximum absolute atomic E-state index is 10.0. The molecule has 22 heavy (non-hydrogen) atoms. The molecule has 0 aromatic rings. The highest BCUT2D eigenvalue weighted by atomic mass is 16.7. The van der Waals surface area contributed by atoms with Crippen LogP contribution in [-0.2, 0) is 9.47 Å². The quantitative estimate of drug-likeness (QED) is 0.550. The minimum absolute atomic E-state index is 0.253. The second-order valence-corrected chi connectivity index (χ2v) is 6.28. The van der Waals surface area contributed by atoms with Crippen LogP contribution in [0.5, 0.6) is 0 Å². The normalized spacial score (nSPS) is 42.8. The van der Waals surface area contributed by atoms with Crippen LogP contribution in [0.25, 0.3) is 0 Å². The van der Waals surface area contributed by atoms with Crippen LogP contribution in [0.3, 0.4) is 0 Å². The number of rotatable bonds is 4. The van der Waals surface area contributed by atoms with Gasteiger partial charge < -0.3 is 29.9 Å². The Hall–Kier alpha value is -0.760. The Morgan fingerprint density at radius 1 is 1.32 bits per heavy atom. The molecule has 0 radical (unpaired) electrons. The second-order valence-electron chi connectivity index (χ2n) is 6.28. The van der Waals surface area contributed by atoms with Crippen molar-refractivity contribution in [3.8, 4) is 0 Å². The zero-order valence-electron chi connectivity index (χ0n) is 13.1. The van der Waals surface area contributed by atoms with E-state index in [4.69, 9.17) is 9.47 Å². The van der Waals surface area contributed by atoms with Crippen LogP contribution < -0.4 is 0 Å². The number of allylic oxidation sites excluding steroid dienone is 2. The molecule has 7 unspecified atom stereocenters. The summed E-state index contributed by atoms with van der Waals surface area (Å²) in [4.78, 5) is 0. The average molecular weight is 314 g/mol. The molecule has 0 spiro atoms. The summed E-state index contributed by atoms with van der Waals surface area (Å²) in [5, 5.41) is 38.8. The van der Waals surface area contributed by atoms with Crippen LogP contribution in [-0.4, -0.2) is 63.8 Å². The van der Waals surface area contributed by atoms with Crippen molar-refractivity contribution < 1.29 is 29.9 Å². The monoisotopic (exact) mass is 314 g/mol. The van der Waals surface area contributed by atoms with Gasteiger partial charge in [-0.15, -0.1) is 0 Å². The van der Waals surface area contributed by atoms with Crippen molar-refractivity contribution in [1.82, 2.24) is 0 Å². The molecule has 0 aromatic heterocycles. The van der Waals surface area contributed by atoms with Gasteiger partial charge in [-0.25, -0.2) is 0 Å². The zero-order chi connectivity index (χ0) is 16.4. The van der Waals surface area contributed by atoms with Gasteiger partial charge in [-0.1, -0.05) is 18.2 Å². The number of hydrogen-bond acceptors (Lipinski definition) is 6. The standard InChI is InChI=1S/C16H26O6/c1-8(2)10-5-4-9(3)11(6-10)21-16-15(20)14(19)13(18)12(7-17)22-16/h4,10-20H,1,5-7H2,2-3H3. The van der Waals surface area contributed by atoms with E-state index in [1.807, 2.05) is 13.8 Å². The Balaban J connectivity index is 2.06. The maximum Gasteiger partial charge on any atom is 0.187 e. The van der Waals surface area contributed by atoms with Gasteiger partial charge in [0.15, 0.2) is 6.29 Å². The zero-order valence-corrected chi connectivity index (χ0v) is 13.1. The van der Waals surface area contributed by atoms with Crippen molar-refractivity contribution in [3.63, 3.8) is 0 Å². The first kappa shape index (κ1) is 17.6. The van der Waals surface area contributed by atoms with E-state index in [1.165, 1.54) is 0 Å². The third-order valence-corrected chi connectivity index (χ3v) is 4.57. The van der Waals surface area contributed by atoms with Crippen molar-refractivity contribution in [3.05, 3.63) is 23.8 Å². The van der Waals surface area contributed by atoms with E-state index in [0.717, 1.165) is 24.0 Å². The number of hydrogen-bond donors (Lipinski definition) is 4. The van der Waals surface area contributed by atoms with E-state index in [9.17, 15) is 20.4 Å². The summed E-state index contributed by atoms with van der Waals surface area (Å²) in [5.41, 5.74) is 2.11. The van der Waals surface area contributed by atoms with E-state index in [0.29, 0.717) is 5.92 Å². The Morgan fingerprint density at radius 3 is 2.59 bits per heavy atom. The minimum atomic E-state index is -1.42. The fourth-order valence-corrected chi connectivity index (χ4v) is 2.91. The van der Waals surface area contributed by atoms with Gasteiger partial charge in [-0.05, 0) is 38.2 Å². The van der Waals surface area contributed by atoms with Gasteiger partial charge in [-0.2, -0.15) is 0 Å². The first-order valence-corrected chi connectivity index (χ1v) is 7.63. The molecular formula is C16H26O6. The van der Waals surface area contributed by atoms with E-state index in [2.05, 4.69) is 12.7 Å². The van der Waals surface area contributed by atoms with Crippen molar-refractivity contribution >= 4 is 0 Å². The summed E-state index contributed by atoms with van der Waals surface area (Å²) in [5.74, 6) is 0.304. The van der Waals surface area contributed by atoms with Crippen LogP contribution in [0.4, 0.5) is 0 Å². The number of aliphatic hydroxyl groups excluding tert-OH is 4. The summed E-state index contributed by atoms with van der Waals surface area (Å²) in [6.45, 7) is 7.44. The lowest BCUT2D eigenvalue weighted by atomic mass is 9.84. The van der Waals surface area contributed by atoms with E-state index < -0.39 is 37.3 Å². The summed E-state index contributed by atoms with van der Waals surface area (Å²) in [6.07, 6.45) is -2.72. The van der Waals surface area contributed by atoms with Gasteiger partial charge in [-0.3, -0.25) is 0 Å². The van der Waals surface area contributed by atoms with E-state index >= 15 is 0 Å². The van der Waals surface area contributed by atoms with Crippen molar-refractivity contribution in [1.29, 1.82) is 0 Å². The Kier molecular flexibility index (Phi) is 5.76. The summed E-state index contributed by atoms with van der Waals surface area (Å²) in [7, 11) is 0. The highest BCUT2D eigenvalue weighted by Gasteiger charge is 2.45. The molecule has 1 saturated heterocycles. The molecule has 6 nitrogen and oxygen atoms in total. The Labute approximate surface area is 130 Å². The molecule has 1 aliphatic heterocycles. The lowest BCUT2D eigenvalue weighted by Crippen LogP contribution is -2.59. The SMILES string of the molecule is C=C(C)C1CC=C(C)C(OC2OC(CO)C(O)C(O)C2O)C1. The lowest BCUT2D eigenvalue weighted by Gasteiger charge is -2.42. The third kappa shape index (κ3) is 3.59. The van der Waals surface area contributed by atoms with Crippen LogP contribution in [0.1, 0.15) is 26.7 Å². The summed E-state index contributed by atoms with van der Waals surface area (Å²) < 4.78 is 11.2. The molecule has 6 heteroatoms. The largest absolute Gasteiger partial charge is 0.394 e. The Morgan fingerprint density at radius 2 is 2.00 bits per heavy atom. The number of aliphatic hydroxyl groups is 4. The molecule has 0 amide bonds. The van der Waals surface area contributed by atoms with Crippen LogP contribution in [0, 0.1) is 5.92 Å². The average Bonchev–Trinajstić information content (AvgIpc) is 2.49. The van der Waals surface area contributed by atoms with E-state index in [1.54, 1.807) is 0 Å². The van der Waals surface area contributed by atoms with Gasteiger partial charge in [0.1, 0.15) is 24.4 Å². The summed E-state index contributed by atoms with van der Waals surface area (Å²) in [6, 6.07) is 0. The van der Waals surface area contributed by atoms with Gasteiger partial charge in [0.2, 0.25) is 0 Å². The molecule has 4 N–H and O–H groups in total. The van der Waals surface area contributed by atoms with E-state index in [-0.39, 0.29) is 6.10 Å². The highest BCUT2D eigenvalue weighted by Crippen LogP contribution is 2.32. The first-order chi connectivity index (χ1) is 10.3. The van der Waals surface area contributed by atoms with Crippen LogP contribution in [0.2, 0.25) is 0 Å². The fourth-order valence-electron chi connectivity index (χ4n) is 2.91. The topological polar surface area (TPSA) is 99.4 Å². The molecule has 1 fully saturated rings. The minimum Gasteiger partial charge on any atom is -0.394 e. The molecule has 0 aromatic carbocycles. The molecule has 7 atom stereocenters. The first-order valence-electron chi connectivity index (χ1n) is 7.63. The predicted molar refractivity (Wildman–Crippen MR) is 79.9 cm³/mol. The van der Waals surface area contributed by atoms with Gasteiger partial charge >= 0.3 is 0 Å². The van der Waals surface area contributed by atoms with Gasteiger partial charge in [0.05, 0.1) is 12.7 Å². The maximum atomic E-state index is 10.0. The smallest absolute Gasteiger partial charge is 0.187 e. The lowest BCUT2D eigenvalue weighted by molar-refractivity contribution is -0.309. The van der Waals surface area contributed by atoms with Crippen molar-refractivity contribution in [2.24, 2.45) is 5.92 Å². The Bertz CT molecular complexity index is 432. The molecule has 2 rings (SSSR count). The van der Waals surface area contributed by atoms with Crippen molar-refractivity contribution in [2.45, 2.75) is 63.5 Å². The fraction of sp³-hybridized carbons (Fsp3) is 0.750. The molecule has 0 bridgehead atoms. The van der Waals surface area contributed by atoms with Gasteiger partial charge in [0.25, 0.3) is 0 Å². The summed E-state index contributed by atoms with van der Waals surface area (Å²) >= 11 is 0. The van der Waals surface area contributed by atoms with Crippen LogP contribution in [0.15, 0.2) is 23.8 Å². The molecule has 126 valence electrons. The molecule has 1 aliphatic carbocycles. The van der Waals surface area contributed by atoms with Crippen molar-refractivity contribution in [2.75, 3.05) is 6.61 Å². The van der Waals surface area contributed by atoms with Gasteiger partial charge in [0, 0.05) is 0 Å². The molecule has 2 aliphatic rings. The second kappa shape index (κ2) is 7.21. The third-order valence-electron chi connectivity index (χ3n) is 4.57. The molecule has 0 saturated carbocycles. The molecular weight excluding hydrogens is 288 g/mol.